The Labute approximate surface area is 91.4 Å². The quantitative estimate of drug-likeness (QED) is 0.432. The highest BCUT2D eigenvalue weighted by atomic mass is 31.2. The van der Waals surface area contributed by atoms with Crippen LogP contribution in [0.15, 0.2) is 24.8 Å². The van der Waals surface area contributed by atoms with Gasteiger partial charge < -0.3 is 4.89 Å². The van der Waals surface area contributed by atoms with E-state index in [1.165, 1.54) is 0 Å². The van der Waals surface area contributed by atoms with E-state index in [4.69, 9.17) is 10.9 Å². The Morgan fingerprint density at radius 1 is 1.60 bits per heavy atom. The molecule has 1 N–H and O–H groups in total. The van der Waals surface area contributed by atoms with E-state index >= 15 is 0 Å². The van der Waals surface area contributed by atoms with Crippen LogP contribution in [0.1, 0.15) is 20.3 Å². The van der Waals surface area contributed by atoms with Crippen molar-refractivity contribution in [2.24, 2.45) is 0 Å². The lowest BCUT2D eigenvalue weighted by Gasteiger charge is -2.21. The van der Waals surface area contributed by atoms with Crippen LogP contribution >= 0.6 is 7.60 Å². The van der Waals surface area contributed by atoms with E-state index in [1.807, 2.05) is 0 Å². The molecule has 0 bridgehead atoms. The highest BCUT2D eigenvalue weighted by Crippen LogP contribution is 2.45. The summed E-state index contributed by atoms with van der Waals surface area (Å²) in [5.74, 6) is 2.30. The Bertz CT molecular complexity index is 323. The first-order valence-electron chi connectivity index (χ1n) is 4.59. The van der Waals surface area contributed by atoms with Crippen molar-refractivity contribution in [2.75, 3.05) is 6.16 Å². The molecule has 0 aromatic heterocycles. The van der Waals surface area contributed by atoms with Crippen molar-refractivity contribution in [3.63, 3.8) is 0 Å². The third kappa shape index (κ3) is 7.16. The molecule has 0 aromatic rings. The van der Waals surface area contributed by atoms with Crippen molar-refractivity contribution in [1.82, 2.24) is 0 Å². The van der Waals surface area contributed by atoms with Gasteiger partial charge in [0.2, 0.25) is 0 Å². The topological polar surface area (TPSA) is 46.5 Å². The third-order valence-corrected chi connectivity index (χ3v) is 2.94. The average molecular weight is 228 g/mol. The Hall–Kier alpha value is -0.810. The SMILES string of the molecule is C#CC(C)(C)OP(=O)(O)CC=CCC=C. The molecular weight excluding hydrogens is 211 g/mol. The third-order valence-electron chi connectivity index (χ3n) is 1.52. The van der Waals surface area contributed by atoms with Gasteiger partial charge in [0.05, 0.1) is 6.16 Å². The van der Waals surface area contributed by atoms with Crippen molar-refractivity contribution >= 4 is 7.60 Å². The standard InChI is InChI=1S/C11H17O3P/c1-5-7-8-9-10-15(12,13)14-11(3,4)6-2/h2,5,8-9H,1,7,10H2,3-4H3,(H,12,13). The highest BCUT2D eigenvalue weighted by molar-refractivity contribution is 7.53. The number of terminal acetylenes is 1. The van der Waals surface area contributed by atoms with Crippen molar-refractivity contribution in [2.45, 2.75) is 25.9 Å². The van der Waals surface area contributed by atoms with E-state index in [0.29, 0.717) is 6.42 Å². The summed E-state index contributed by atoms with van der Waals surface area (Å²) in [5, 5.41) is 0. The molecular formula is C11H17O3P. The summed E-state index contributed by atoms with van der Waals surface area (Å²) in [4.78, 5) is 9.44. The molecule has 0 aliphatic rings. The highest BCUT2D eigenvalue weighted by Gasteiger charge is 2.27. The van der Waals surface area contributed by atoms with Crippen LogP contribution in [-0.4, -0.2) is 16.7 Å². The predicted molar refractivity (Wildman–Crippen MR) is 62.6 cm³/mol. The second-order valence-corrected chi connectivity index (χ2v) is 5.38. The van der Waals surface area contributed by atoms with Crippen LogP contribution in [-0.2, 0) is 9.09 Å². The number of rotatable bonds is 6. The molecule has 1 unspecified atom stereocenters. The fraction of sp³-hybridized carbons (Fsp3) is 0.455. The Morgan fingerprint density at radius 3 is 2.67 bits per heavy atom. The van der Waals surface area contributed by atoms with Gasteiger partial charge in [0.15, 0.2) is 0 Å². The van der Waals surface area contributed by atoms with Gasteiger partial charge in [0.1, 0.15) is 5.60 Å². The van der Waals surface area contributed by atoms with E-state index in [1.54, 1.807) is 32.1 Å². The van der Waals surface area contributed by atoms with Crippen LogP contribution in [0.25, 0.3) is 0 Å². The van der Waals surface area contributed by atoms with Gasteiger partial charge in [-0.1, -0.05) is 24.1 Å². The van der Waals surface area contributed by atoms with E-state index in [-0.39, 0.29) is 6.16 Å². The molecule has 15 heavy (non-hydrogen) atoms. The molecule has 0 fully saturated rings. The Morgan fingerprint density at radius 2 is 2.20 bits per heavy atom. The summed E-state index contributed by atoms with van der Waals surface area (Å²) in [6.07, 6.45) is 10.8. The van der Waals surface area contributed by atoms with Crippen LogP contribution in [0.2, 0.25) is 0 Å². The first-order valence-corrected chi connectivity index (χ1v) is 6.35. The normalized spacial score (nSPS) is 15.9. The van der Waals surface area contributed by atoms with Crippen molar-refractivity contribution < 1.29 is 14.0 Å². The van der Waals surface area contributed by atoms with Crippen LogP contribution < -0.4 is 0 Å². The zero-order chi connectivity index (χ0) is 11.9. The molecule has 0 radical (unpaired) electrons. The van der Waals surface area contributed by atoms with Gasteiger partial charge >= 0.3 is 7.60 Å². The van der Waals surface area contributed by atoms with Gasteiger partial charge in [-0.25, -0.2) is 0 Å². The maximum absolute atomic E-state index is 11.5. The average Bonchev–Trinajstić information content (AvgIpc) is 2.11. The second-order valence-electron chi connectivity index (χ2n) is 3.56. The lowest BCUT2D eigenvalue weighted by molar-refractivity contribution is 0.149. The maximum Gasteiger partial charge on any atom is 0.333 e. The molecule has 0 saturated heterocycles. The second kappa shape index (κ2) is 5.92. The summed E-state index contributed by atoms with van der Waals surface area (Å²) < 4.78 is 16.5. The maximum atomic E-state index is 11.5. The summed E-state index contributed by atoms with van der Waals surface area (Å²) in [6, 6.07) is 0. The first-order chi connectivity index (χ1) is 6.83. The van der Waals surface area contributed by atoms with E-state index < -0.39 is 13.2 Å². The van der Waals surface area contributed by atoms with Crippen LogP contribution in [0.3, 0.4) is 0 Å². The minimum atomic E-state index is -3.63. The molecule has 0 aliphatic heterocycles. The van der Waals surface area contributed by atoms with Gasteiger partial charge in [-0.3, -0.25) is 9.09 Å². The summed E-state index contributed by atoms with van der Waals surface area (Å²) in [7, 11) is -3.63. The van der Waals surface area contributed by atoms with Gasteiger partial charge in [-0.05, 0) is 20.3 Å². The van der Waals surface area contributed by atoms with E-state index in [2.05, 4.69) is 12.5 Å². The Kier molecular flexibility index (Phi) is 5.60. The van der Waals surface area contributed by atoms with Crippen molar-refractivity contribution in [3.05, 3.63) is 24.8 Å². The molecule has 0 heterocycles. The van der Waals surface area contributed by atoms with Gasteiger partial charge in [-0.2, -0.15) is 0 Å². The molecule has 0 aromatic carbocycles. The van der Waals surface area contributed by atoms with Crippen LogP contribution in [0.4, 0.5) is 0 Å². The van der Waals surface area contributed by atoms with E-state index in [0.717, 1.165) is 0 Å². The molecule has 0 amide bonds. The zero-order valence-electron chi connectivity index (χ0n) is 9.14. The molecule has 0 spiro atoms. The van der Waals surface area contributed by atoms with Crippen LogP contribution in [0, 0.1) is 12.3 Å². The van der Waals surface area contributed by atoms with Crippen LogP contribution in [0.5, 0.6) is 0 Å². The molecule has 0 rings (SSSR count). The van der Waals surface area contributed by atoms with Gasteiger partial charge in [0.25, 0.3) is 0 Å². The molecule has 0 saturated carbocycles. The Balaban J connectivity index is 4.27. The monoisotopic (exact) mass is 228 g/mol. The lowest BCUT2D eigenvalue weighted by atomic mass is 10.2. The molecule has 84 valence electrons. The predicted octanol–water partition coefficient (Wildman–Crippen LogP) is 2.73. The van der Waals surface area contributed by atoms with E-state index in [9.17, 15) is 9.46 Å². The largest absolute Gasteiger partial charge is 0.333 e. The first kappa shape index (κ1) is 14.2. The minimum absolute atomic E-state index is 0.0358. The van der Waals surface area contributed by atoms with Gasteiger partial charge in [0, 0.05) is 0 Å². The molecule has 0 aliphatic carbocycles. The number of hydrogen-bond donors (Lipinski definition) is 1. The fourth-order valence-electron chi connectivity index (χ4n) is 0.820. The number of allylic oxidation sites excluding steroid dienone is 3. The summed E-state index contributed by atoms with van der Waals surface area (Å²) in [6.45, 7) is 6.67. The van der Waals surface area contributed by atoms with Gasteiger partial charge in [-0.15, -0.1) is 13.0 Å². The minimum Gasteiger partial charge on any atom is -0.324 e. The summed E-state index contributed by atoms with van der Waals surface area (Å²) in [5.41, 5.74) is -1.02. The number of hydrogen-bond acceptors (Lipinski definition) is 2. The fourth-order valence-corrected chi connectivity index (χ4v) is 2.08. The van der Waals surface area contributed by atoms with Crippen molar-refractivity contribution in [3.8, 4) is 12.3 Å². The van der Waals surface area contributed by atoms with Crippen molar-refractivity contribution in [1.29, 1.82) is 0 Å². The lowest BCUT2D eigenvalue weighted by Crippen LogP contribution is -2.20. The molecule has 1 atom stereocenters. The smallest absolute Gasteiger partial charge is 0.324 e. The zero-order valence-corrected chi connectivity index (χ0v) is 10.0. The molecule has 3 nitrogen and oxygen atoms in total. The summed E-state index contributed by atoms with van der Waals surface area (Å²) >= 11 is 0. The molecule has 4 heteroatoms.